The Morgan fingerprint density at radius 1 is 1.21 bits per heavy atom. The number of hydrogen-bond acceptors (Lipinski definition) is 13. The van der Waals surface area contributed by atoms with Gasteiger partial charge in [-0.05, 0) is 18.2 Å². The SMILES string of the molecule is CP(=O)(OCOC(=O)Oc1ccccc1)OCC1OC(n2ccc(NO)nc2=O)[C@H](O)[C@@H]1O. The van der Waals surface area contributed by atoms with Crippen LogP contribution in [-0.2, 0) is 23.1 Å². The van der Waals surface area contributed by atoms with Gasteiger partial charge in [-0.25, -0.2) is 9.59 Å². The zero-order chi connectivity index (χ0) is 24.0. The second-order valence-electron chi connectivity index (χ2n) is 6.78. The summed E-state index contributed by atoms with van der Waals surface area (Å²) in [6, 6.07) is 9.35. The van der Waals surface area contributed by atoms with Gasteiger partial charge in [-0.2, -0.15) is 4.98 Å². The van der Waals surface area contributed by atoms with Crippen molar-refractivity contribution in [2.75, 3.05) is 25.5 Å². The summed E-state index contributed by atoms with van der Waals surface area (Å²) in [7, 11) is -3.76. The number of ether oxygens (including phenoxy) is 3. The van der Waals surface area contributed by atoms with E-state index in [9.17, 15) is 24.4 Å². The van der Waals surface area contributed by atoms with E-state index in [0.717, 1.165) is 11.2 Å². The van der Waals surface area contributed by atoms with Crippen molar-refractivity contribution in [3.63, 3.8) is 0 Å². The lowest BCUT2D eigenvalue weighted by Gasteiger charge is -2.19. The quantitative estimate of drug-likeness (QED) is 0.127. The molecule has 3 unspecified atom stereocenters. The first-order valence-electron chi connectivity index (χ1n) is 9.47. The van der Waals surface area contributed by atoms with E-state index in [1.807, 2.05) is 0 Å². The predicted octanol–water partition coefficient (Wildman–Crippen LogP) is 0.693. The van der Waals surface area contributed by atoms with Gasteiger partial charge in [0.15, 0.2) is 12.0 Å². The van der Waals surface area contributed by atoms with Crippen molar-refractivity contribution in [1.82, 2.24) is 9.55 Å². The van der Waals surface area contributed by atoms with Gasteiger partial charge in [-0.1, -0.05) is 18.2 Å². The van der Waals surface area contributed by atoms with Gasteiger partial charge < -0.3 is 28.9 Å². The van der Waals surface area contributed by atoms with Gasteiger partial charge in [-0.15, -0.1) is 0 Å². The van der Waals surface area contributed by atoms with Crippen molar-refractivity contribution in [3.05, 3.63) is 53.1 Å². The van der Waals surface area contributed by atoms with Crippen LogP contribution < -0.4 is 15.9 Å². The minimum Gasteiger partial charge on any atom is -0.406 e. The zero-order valence-corrected chi connectivity index (χ0v) is 18.1. The number of aromatic nitrogens is 2. The predicted molar refractivity (Wildman–Crippen MR) is 109 cm³/mol. The van der Waals surface area contributed by atoms with E-state index < -0.39 is 57.4 Å². The van der Waals surface area contributed by atoms with Crippen molar-refractivity contribution < 1.29 is 48.0 Å². The highest BCUT2D eigenvalue weighted by Gasteiger charge is 2.45. The number of aliphatic hydroxyl groups excluding tert-OH is 2. The number of carbonyl (C=O) groups is 1. The molecule has 33 heavy (non-hydrogen) atoms. The third-order valence-electron chi connectivity index (χ3n) is 4.44. The summed E-state index contributed by atoms with van der Waals surface area (Å²) in [5, 5.41) is 29.2. The Balaban J connectivity index is 1.48. The van der Waals surface area contributed by atoms with E-state index in [-0.39, 0.29) is 11.6 Å². The van der Waals surface area contributed by atoms with Crippen LogP contribution in [0, 0.1) is 0 Å². The molecule has 14 nitrogen and oxygen atoms in total. The Kier molecular flexibility index (Phi) is 8.15. The molecule has 1 aromatic carbocycles. The molecule has 1 aromatic heterocycles. The van der Waals surface area contributed by atoms with Gasteiger partial charge in [-0.3, -0.25) is 24.3 Å². The molecule has 0 bridgehead atoms. The number of anilines is 1. The molecule has 0 radical (unpaired) electrons. The van der Waals surface area contributed by atoms with Crippen LogP contribution in [0.2, 0.25) is 0 Å². The van der Waals surface area contributed by atoms with Gasteiger partial charge in [0.1, 0.15) is 24.1 Å². The molecule has 0 amide bonds. The summed E-state index contributed by atoms with van der Waals surface area (Å²) in [5.74, 6) is 0.124. The van der Waals surface area contributed by atoms with Crippen LogP contribution in [0.3, 0.4) is 0 Å². The summed E-state index contributed by atoms with van der Waals surface area (Å²) in [6.07, 6.45) is -5.39. The summed E-state index contributed by atoms with van der Waals surface area (Å²) in [4.78, 5) is 27.1. The van der Waals surface area contributed by atoms with Crippen LogP contribution >= 0.6 is 7.60 Å². The monoisotopic (exact) mass is 487 g/mol. The Labute approximate surface area is 186 Å². The van der Waals surface area contributed by atoms with E-state index in [1.54, 1.807) is 23.7 Å². The van der Waals surface area contributed by atoms with E-state index in [1.165, 1.54) is 24.4 Å². The van der Waals surface area contributed by atoms with Crippen LogP contribution in [0.15, 0.2) is 47.4 Å². The molecule has 1 fully saturated rings. The number of nitrogens with one attached hydrogen (secondary N) is 1. The molecule has 3 rings (SSSR count). The lowest BCUT2D eigenvalue weighted by atomic mass is 10.1. The highest BCUT2D eigenvalue weighted by atomic mass is 31.2. The molecule has 1 saturated heterocycles. The second-order valence-corrected chi connectivity index (χ2v) is 8.84. The molecule has 5 atom stereocenters. The number of para-hydroxylation sites is 1. The number of nitrogens with zero attached hydrogens (tertiary/aromatic N) is 2. The van der Waals surface area contributed by atoms with Crippen molar-refractivity contribution in [3.8, 4) is 5.75 Å². The van der Waals surface area contributed by atoms with E-state index in [0.29, 0.717) is 0 Å². The van der Waals surface area contributed by atoms with Gasteiger partial charge in [0, 0.05) is 12.9 Å². The molecule has 180 valence electrons. The molecular weight excluding hydrogens is 465 g/mol. The number of carbonyl (C=O) groups excluding carboxylic acids is 1. The Bertz CT molecular complexity index is 1050. The van der Waals surface area contributed by atoms with Crippen LogP contribution in [-0.4, -0.2) is 69.5 Å². The standard InChI is InChI=1S/C18H22N3O11P/c1-33(27,30-10-28-18(25)31-11-5-3-2-4-6-11)29-9-12-14(22)15(23)16(32-12)21-8-7-13(20-26)19-17(21)24/h2-8,12,14-16,22-23,26H,9-10H2,1H3,(H,19,20,24)/t12?,14-,15-,16?,33?/m1/s1. The third-order valence-corrected chi connectivity index (χ3v) is 5.63. The third kappa shape index (κ3) is 6.58. The first-order valence-corrected chi connectivity index (χ1v) is 11.5. The van der Waals surface area contributed by atoms with Gasteiger partial charge in [0.25, 0.3) is 0 Å². The summed E-state index contributed by atoms with van der Waals surface area (Å²) < 4.78 is 38.4. The summed E-state index contributed by atoms with van der Waals surface area (Å²) >= 11 is 0. The van der Waals surface area contributed by atoms with Crippen molar-refractivity contribution >= 4 is 19.6 Å². The average Bonchev–Trinajstić information content (AvgIpc) is 3.06. The molecule has 1 aliphatic heterocycles. The van der Waals surface area contributed by atoms with Gasteiger partial charge in [0.05, 0.1) is 6.61 Å². The lowest BCUT2D eigenvalue weighted by molar-refractivity contribution is -0.0545. The summed E-state index contributed by atoms with van der Waals surface area (Å²) in [6.45, 7) is -0.107. The van der Waals surface area contributed by atoms with E-state index >= 15 is 0 Å². The highest BCUT2D eigenvalue weighted by molar-refractivity contribution is 7.52. The topological polar surface area (TPSA) is 188 Å². The molecule has 1 aliphatic rings. The smallest absolute Gasteiger partial charge is 0.406 e. The maximum atomic E-state index is 12.4. The first kappa shape index (κ1) is 24.8. The number of hydrogen-bond donors (Lipinski definition) is 4. The second kappa shape index (κ2) is 10.9. The van der Waals surface area contributed by atoms with Crippen LogP contribution in [0.1, 0.15) is 6.23 Å². The number of benzene rings is 1. The zero-order valence-electron chi connectivity index (χ0n) is 17.2. The maximum absolute atomic E-state index is 12.4. The van der Waals surface area contributed by atoms with Gasteiger partial charge in [0.2, 0.25) is 6.79 Å². The van der Waals surface area contributed by atoms with Crippen molar-refractivity contribution in [2.45, 2.75) is 24.5 Å². The molecule has 2 heterocycles. The van der Waals surface area contributed by atoms with E-state index in [2.05, 4.69) is 9.72 Å². The molecule has 0 aliphatic carbocycles. The molecule has 15 heteroatoms. The largest absolute Gasteiger partial charge is 0.515 e. The fourth-order valence-corrected chi connectivity index (χ4v) is 3.53. The molecular formula is C18H22N3O11P. The Morgan fingerprint density at radius 2 is 1.94 bits per heavy atom. The average molecular weight is 487 g/mol. The van der Waals surface area contributed by atoms with Gasteiger partial charge >= 0.3 is 19.4 Å². The number of rotatable bonds is 9. The highest BCUT2D eigenvalue weighted by Crippen LogP contribution is 2.44. The molecule has 2 aromatic rings. The minimum absolute atomic E-state index is 0.122. The van der Waals surface area contributed by atoms with Crippen LogP contribution in [0.5, 0.6) is 5.75 Å². The first-order chi connectivity index (χ1) is 15.7. The fraction of sp³-hybridized carbons (Fsp3) is 0.389. The summed E-state index contributed by atoms with van der Waals surface area (Å²) in [5.41, 5.74) is 0.841. The Hall–Kier alpha value is -2.84. The lowest BCUT2D eigenvalue weighted by Crippen LogP contribution is -2.36. The van der Waals surface area contributed by atoms with Crippen molar-refractivity contribution in [1.29, 1.82) is 0 Å². The molecule has 4 N–H and O–H groups in total. The fourth-order valence-electron chi connectivity index (χ4n) is 2.80. The maximum Gasteiger partial charge on any atom is 0.515 e. The molecule has 0 spiro atoms. The van der Waals surface area contributed by atoms with Crippen molar-refractivity contribution in [2.24, 2.45) is 0 Å². The van der Waals surface area contributed by atoms with Crippen LogP contribution in [0.25, 0.3) is 0 Å². The van der Waals surface area contributed by atoms with Crippen LogP contribution in [0.4, 0.5) is 10.6 Å². The Morgan fingerprint density at radius 3 is 2.61 bits per heavy atom. The minimum atomic E-state index is -3.76. The normalized spacial score (nSPS) is 24.1. The molecule has 0 saturated carbocycles. The van der Waals surface area contributed by atoms with E-state index in [4.69, 9.17) is 23.7 Å². The number of aliphatic hydroxyl groups is 2.